The first-order valence-electron chi connectivity index (χ1n) is 12.0. The van der Waals surface area contributed by atoms with Crippen LogP contribution in [0.5, 0.6) is 0 Å². The van der Waals surface area contributed by atoms with E-state index in [2.05, 4.69) is 65.9 Å². The molecule has 1 aliphatic heterocycles. The van der Waals surface area contributed by atoms with Crippen LogP contribution in [-0.4, -0.2) is 20.9 Å². The Hall–Kier alpha value is -2.55. The second kappa shape index (κ2) is 6.03. The lowest BCUT2D eigenvalue weighted by Crippen LogP contribution is -2.61. The molecule has 4 aliphatic carbocycles. The van der Waals surface area contributed by atoms with Crippen LogP contribution in [0.2, 0.25) is 0 Å². The van der Waals surface area contributed by atoms with Crippen LogP contribution in [0.25, 0.3) is 10.9 Å². The molecule has 0 spiro atoms. The van der Waals surface area contributed by atoms with E-state index in [1.807, 2.05) is 6.07 Å². The summed E-state index contributed by atoms with van der Waals surface area (Å²) in [7, 11) is 2.17. The van der Waals surface area contributed by atoms with Gasteiger partial charge in [-0.25, -0.2) is 0 Å². The van der Waals surface area contributed by atoms with Crippen LogP contribution in [0.15, 0.2) is 48.5 Å². The van der Waals surface area contributed by atoms with Crippen molar-refractivity contribution in [1.82, 2.24) is 9.47 Å². The summed E-state index contributed by atoms with van der Waals surface area (Å²) >= 11 is 0. The van der Waals surface area contributed by atoms with E-state index in [-0.39, 0.29) is 17.5 Å². The fourth-order valence-electron chi connectivity index (χ4n) is 8.35. The first-order valence-corrected chi connectivity index (χ1v) is 12.0. The van der Waals surface area contributed by atoms with Crippen molar-refractivity contribution < 1.29 is 4.79 Å². The van der Waals surface area contributed by atoms with Gasteiger partial charge in [0.05, 0.1) is 6.04 Å². The van der Waals surface area contributed by atoms with Gasteiger partial charge in [0.25, 0.3) is 5.91 Å². The molecule has 1 atom stereocenters. The number of fused-ring (bicyclic) bond motifs is 2. The van der Waals surface area contributed by atoms with Crippen molar-refractivity contribution in [2.75, 3.05) is 0 Å². The van der Waals surface area contributed by atoms with Gasteiger partial charge in [0, 0.05) is 40.3 Å². The molecule has 8 rings (SSSR count). The first kappa shape index (κ1) is 18.1. The molecule has 4 fully saturated rings. The number of aryl methyl sites for hydroxylation is 1. The molecular weight excluding hydrogens is 380 g/mol. The maximum atomic E-state index is 14.1. The highest BCUT2D eigenvalue weighted by Gasteiger charge is 2.58. The van der Waals surface area contributed by atoms with E-state index in [0.717, 1.165) is 23.3 Å². The molecular formula is C28H30N2O. The molecule has 3 heteroatoms. The number of aromatic nitrogens is 1. The average Bonchev–Trinajstić information content (AvgIpc) is 3.19. The Kier molecular flexibility index (Phi) is 3.51. The molecule has 4 bridgehead atoms. The van der Waals surface area contributed by atoms with Crippen LogP contribution in [-0.2, 0) is 7.05 Å². The second-order valence-electron chi connectivity index (χ2n) is 10.9. The van der Waals surface area contributed by atoms with E-state index in [1.54, 1.807) is 0 Å². The molecule has 31 heavy (non-hydrogen) atoms. The Morgan fingerprint density at radius 3 is 2.19 bits per heavy atom. The molecule has 1 amide bonds. The zero-order valence-electron chi connectivity index (χ0n) is 18.5. The summed E-state index contributed by atoms with van der Waals surface area (Å²) in [5.74, 6) is 2.72. The quantitative estimate of drug-likeness (QED) is 0.509. The number of rotatable bonds is 2. The lowest BCUT2D eigenvalue weighted by atomic mass is 9.52. The SMILES string of the molecule is Cc1c(C2c3ccccc3C(=O)N2C23CC4CC(CC(C4)C2)C3)c2ccccc2n1C. The lowest BCUT2D eigenvalue weighted by Gasteiger charge is -2.61. The smallest absolute Gasteiger partial charge is 0.255 e. The van der Waals surface area contributed by atoms with E-state index in [0.29, 0.717) is 0 Å². The molecule has 2 aromatic carbocycles. The average molecular weight is 411 g/mol. The highest BCUT2D eigenvalue weighted by atomic mass is 16.2. The minimum Gasteiger partial charge on any atom is -0.348 e. The Balaban J connectivity index is 1.48. The number of hydrogen-bond donors (Lipinski definition) is 0. The van der Waals surface area contributed by atoms with Gasteiger partial charge in [-0.3, -0.25) is 4.79 Å². The predicted molar refractivity (Wildman–Crippen MR) is 123 cm³/mol. The van der Waals surface area contributed by atoms with Gasteiger partial charge in [0.15, 0.2) is 0 Å². The monoisotopic (exact) mass is 410 g/mol. The standard InChI is InChI=1S/C28H30N2O/c1-17-25(23-9-5-6-10-24(23)29(17)2)26-21-7-3-4-8-22(21)27(31)30(26)28-14-18-11-19(15-28)13-20(12-18)16-28/h3-10,18-20,26H,11-16H2,1-2H3. The molecule has 4 saturated carbocycles. The molecule has 158 valence electrons. The summed E-state index contributed by atoms with van der Waals surface area (Å²) in [4.78, 5) is 16.5. The summed E-state index contributed by atoms with van der Waals surface area (Å²) in [6.45, 7) is 2.23. The third kappa shape index (κ3) is 2.27. The topological polar surface area (TPSA) is 25.2 Å². The highest BCUT2D eigenvalue weighted by Crippen LogP contribution is 2.61. The third-order valence-electron chi connectivity index (χ3n) is 9.20. The van der Waals surface area contributed by atoms with Gasteiger partial charge >= 0.3 is 0 Å². The largest absolute Gasteiger partial charge is 0.348 e. The Labute approximate surface area is 184 Å². The van der Waals surface area contributed by atoms with Crippen LogP contribution < -0.4 is 0 Å². The fourth-order valence-corrected chi connectivity index (χ4v) is 8.35. The normalized spacial score (nSPS) is 33.5. The maximum Gasteiger partial charge on any atom is 0.255 e. The zero-order chi connectivity index (χ0) is 20.9. The van der Waals surface area contributed by atoms with Gasteiger partial charge in [-0.05, 0) is 80.9 Å². The minimum absolute atomic E-state index is 0.0334. The first-order chi connectivity index (χ1) is 15.1. The van der Waals surface area contributed by atoms with Crippen molar-refractivity contribution in [3.8, 4) is 0 Å². The third-order valence-corrected chi connectivity index (χ3v) is 9.20. The Morgan fingerprint density at radius 2 is 1.48 bits per heavy atom. The summed E-state index contributed by atoms with van der Waals surface area (Å²) in [6.07, 6.45) is 7.81. The zero-order valence-corrected chi connectivity index (χ0v) is 18.5. The highest BCUT2D eigenvalue weighted by molar-refractivity contribution is 6.01. The molecule has 0 saturated heterocycles. The van der Waals surface area contributed by atoms with Gasteiger partial charge in [-0.1, -0.05) is 36.4 Å². The van der Waals surface area contributed by atoms with E-state index in [9.17, 15) is 4.79 Å². The van der Waals surface area contributed by atoms with Crippen molar-refractivity contribution in [1.29, 1.82) is 0 Å². The number of carbonyl (C=O) groups excluding carboxylic acids is 1. The number of amides is 1. The van der Waals surface area contributed by atoms with Crippen LogP contribution in [0.3, 0.4) is 0 Å². The van der Waals surface area contributed by atoms with E-state index >= 15 is 0 Å². The van der Waals surface area contributed by atoms with Gasteiger partial charge in [0.1, 0.15) is 0 Å². The van der Waals surface area contributed by atoms with Gasteiger partial charge < -0.3 is 9.47 Å². The van der Waals surface area contributed by atoms with Crippen molar-refractivity contribution in [3.63, 3.8) is 0 Å². The van der Waals surface area contributed by atoms with Gasteiger partial charge in [0.2, 0.25) is 0 Å². The molecule has 3 aromatic rings. The van der Waals surface area contributed by atoms with Crippen molar-refractivity contribution >= 4 is 16.8 Å². The number of nitrogens with zero attached hydrogens (tertiary/aromatic N) is 2. The summed E-state index contributed by atoms with van der Waals surface area (Å²) in [5.41, 5.74) is 6.06. The van der Waals surface area contributed by atoms with Crippen LogP contribution in [0.4, 0.5) is 0 Å². The molecule has 0 N–H and O–H groups in total. The maximum absolute atomic E-state index is 14.1. The van der Waals surface area contributed by atoms with E-state index in [1.165, 1.54) is 66.2 Å². The lowest BCUT2D eigenvalue weighted by molar-refractivity contribution is -0.0806. The molecule has 2 heterocycles. The molecule has 3 nitrogen and oxygen atoms in total. The minimum atomic E-state index is 0.0334. The van der Waals surface area contributed by atoms with Crippen molar-refractivity contribution in [3.05, 3.63) is 70.9 Å². The van der Waals surface area contributed by atoms with E-state index < -0.39 is 0 Å². The number of hydrogen-bond acceptors (Lipinski definition) is 1. The summed E-state index contributed by atoms with van der Waals surface area (Å²) in [6, 6.07) is 17.2. The summed E-state index contributed by atoms with van der Waals surface area (Å²) < 4.78 is 2.31. The van der Waals surface area contributed by atoms with Gasteiger partial charge in [-0.15, -0.1) is 0 Å². The molecule has 5 aliphatic rings. The Morgan fingerprint density at radius 1 is 0.871 bits per heavy atom. The molecule has 1 unspecified atom stereocenters. The predicted octanol–water partition coefficient (Wildman–Crippen LogP) is 6.00. The van der Waals surface area contributed by atoms with Crippen molar-refractivity contribution in [2.24, 2.45) is 24.8 Å². The molecule has 1 aromatic heterocycles. The Bertz CT molecular complexity index is 1200. The van der Waals surface area contributed by atoms with Crippen LogP contribution in [0.1, 0.15) is 71.7 Å². The van der Waals surface area contributed by atoms with Crippen molar-refractivity contribution in [2.45, 2.75) is 57.0 Å². The summed E-state index contributed by atoms with van der Waals surface area (Å²) in [5, 5.41) is 1.30. The number of para-hydroxylation sites is 1. The van der Waals surface area contributed by atoms with Gasteiger partial charge in [-0.2, -0.15) is 0 Å². The van der Waals surface area contributed by atoms with E-state index in [4.69, 9.17) is 0 Å². The fraction of sp³-hybridized carbons (Fsp3) is 0.464. The number of benzene rings is 2. The van der Waals surface area contributed by atoms with Crippen LogP contribution >= 0.6 is 0 Å². The molecule has 0 radical (unpaired) electrons. The second-order valence-corrected chi connectivity index (χ2v) is 10.9. The van der Waals surface area contributed by atoms with Crippen LogP contribution in [0, 0.1) is 24.7 Å². The number of carbonyl (C=O) groups is 1.